The molecule has 0 bridgehead atoms. The molecule has 154 valence electrons. The van der Waals surface area contributed by atoms with Crippen LogP contribution in [0, 0.1) is 40.4 Å². The normalized spacial score (nSPS) is 44.0. The molecule has 1 aromatic rings. The van der Waals surface area contributed by atoms with E-state index in [9.17, 15) is 14.4 Å². The molecule has 4 saturated carbocycles. The number of Topliss-reactive ketones (excluding diaryl/α,β-unsaturated/α-hetero) is 3. The third-order valence-electron chi connectivity index (χ3n) is 9.65. The lowest BCUT2D eigenvalue weighted by Crippen LogP contribution is -2.57. The van der Waals surface area contributed by atoms with Gasteiger partial charge in [-0.3, -0.25) is 14.4 Å². The van der Waals surface area contributed by atoms with E-state index in [1.807, 2.05) is 30.3 Å². The molecule has 7 atom stereocenters. The molecule has 0 spiro atoms. The molecule has 0 radical (unpaired) electrons. The summed E-state index contributed by atoms with van der Waals surface area (Å²) in [5, 5.41) is 0. The van der Waals surface area contributed by atoms with Gasteiger partial charge in [0.05, 0.1) is 5.92 Å². The first kappa shape index (κ1) is 19.2. The molecule has 1 aromatic carbocycles. The predicted molar refractivity (Wildman–Crippen MR) is 111 cm³/mol. The van der Waals surface area contributed by atoms with Crippen molar-refractivity contribution in [3.05, 3.63) is 35.9 Å². The fourth-order valence-corrected chi connectivity index (χ4v) is 8.06. The van der Waals surface area contributed by atoms with Gasteiger partial charge in [0.15, 0.2) is 5.78 Å². The monoisotopic (exact) mass is 392 g/mol. The second kappa shape index (κ2) is 6.62. The van der Waals surface area contributed by atoms with Gasteiger partial charge in [0.25, 0.3) is 0 Å². The van der Waals surface area contributed by atoms with E-state index in [4.69, 9.17) is 0 Å². The highest BCUT2D eigenvalue weighted by Crippen LogP contribution is 2.66. The quantitative estimate of drug-likeness (QED) is 0.508. The summed E-state index contributed by atoms with van der Waals surface area (Å²) in [5.41, 5.74) is 0.599. The highest BCUT2D eigenvalue weighted by Gasteiger charge is 2.62. The summed E-state index contributed by atoms with van der Waals surface area (Å²) in [7, 11) is 0. The molecular formula is C26H32O3. The van der Waals surface area contributed by atoms with Crippen LogP contribution in [-0.2, 0) is 9.59 Å². The fraction of sp³-hybridized carbons (Fsp3) is 0.654. The molecule has 0 N–H and O–H groups in total. The first-order valence-electron chi connectivity index (χ1n) is 11.5. The van der Waals surface area contributed by atoms with E-state index in [0.29, 0.717) is 35.5 Å². The van der Waals surface area contributed by atoms with Crippen LogP contribution in [0.4, 0.5) is 0 Å². The maximum Gasteiger partial charge on any atom is 0.173 e. The Balaban J connectivity index is 1.48. The van der Waals surface area contributed by atoms with Crippen molar-refractivity contribution in [3.8, 4) is 0 Å². The minimum Gasteiger partial charge on any atom is -0.299 e. The van der Waals surface area contributed by atoms with Crippen molar-refractivity contribution in [1.29, 1.82) is 0 Å². The van der Waals surface area contributed by atoms with Crippen LogP contribution in [0.5, 0.6) is 0 Å². The number of carbonyl (C=O) groups is 3. The van der Waals surface area contributed by atoms with Crippen molar-refractivity contribution in [1.82, 2.24) is 0 Å². The van der Waals surface area contributed by atoms with Crippen molar-refractivity contribution in [3.63, 3.8) is 0 Å². The number of fused-ring (bicyclic) bond motifs is 5. The fourth-order valence-electron chi connectivity index (χ4n) is 8.06. The third-order valence-corrected chi connectivity index (χ3v) is 9.65. The van der Waals surface area contributed by atoms with E-state index in [1.165, 1.54) is 0 Å². The number of hydrogen-bond donors (Lipinski definition) is 0. The number of carbonyl (C=O) groups excluding carboxylic acids is 3. The largest absolute Gasteiger partial charge is 0.299 e. The number of ketones is 3. The van der Waals surface area contributed by atoms with Crippen LogP contribution < -0.4 is 0 Å². The van der Waals surface area contributed by atoms with E-state index >= 15 is 0 Å². The molecule has 3 heteroatoms. The minimum atomic E-state index is -0.476. The number of hydrogen-bond acceptors (Lipinski definition) is 3. The van der Waals surface area contributed by atoms with Crippen LogP contribution in [0.2, 0.25) is 0 Å². The van der Waals surface area contributed by atoms with Crippen LogP contribution in [0.1, 0.15) is 75.6 Å². The van der Waals surface area contributed by atoms with E-state index in [-0.39, 0.29) is 28.3 Å². The van der Waals surface area contributed by atoms with Gasteiger partial charge in [0.1, 0.15) is 11.6 Å². The van der Waals surface area contributed by atoms with Crippen molar-refractivity contribution < 1.29 is 14.4 Å². The second-order valence-corrected chi connectivity index (χ2v) is 10.7. The van der Waals surface area contributed by atoms with Crippen molar-refractivity contribution >= 4 is 17.3 Å². The summed E-state index contributed by atoms with van der Waals surface area (Å²) in [6.45, 7) is 4.58. The standard InChI is InChI=1S/C26H32O3/c1-25-15-13-21(27)23(24(29)16-6-4-3-5-7-16)20(25)9-8-17-18-10-11-22(28)26(18,2)14-12-19(17)25/h3-7,17-20,23H,8-15H2,1-2H3/t17-,18-,19-,20-,23?,25+,26-/m0/s1. The first-order chi connectivity index (χ1) is 13.9. The molecular weight excluding hydrogens is 360 g/mol. The Morgan fingerprint density at radius 3 is 2.38 bits per heavy atom. The Labute approximate surface area is 173 Å². The zero-order valence-corrected chi connectivity index (χ0v) is 17.7. The van der Waals surface area contributed by atoms with Crippen molar-refractivity contribution in [2.24, 2.45) is 40.4 Å². The molecule has 0 saturated heterocycles. The molecule has 4 aliphatic carbocycles. The van der Waals surface area contributed by atoms with Crippen LogP contribution in [0.25, 0.3) is 0 Å². The molecule has 4 aliphatic rings. The Kier molecular flexibility index (Phi) is 4.38. The Hall–Kier alpha value is -1.77. The summed E-state index contributed by atoms with van der Waals surface area (Å²) >= 11 is 0. The summed E-state index contributed by atoms with van der Waals surface area (Å²) < 4.78 is 0. The van der Waals surface area contributed by atoms with Crippen LogP contribution in [0.15, 0.2) is 30.3 Å². The molecule has 3 nitrogen and oxygen atoms in total. The maximum absolute atomic E-state index is 13.4. The van der Waals surface area contributed by atoms with Gasteiger partial charge >= 0.3 is 0 Å². The van der Waals surface area contributed by atoms with Crippen LogP contribution in [-0.4, -0.2) is 17.3 Å². The van der Waals surface area contributed by atoms with E-state index in [0.717, 1.165) is 44.9 Å². The third kappa shape index (κ3) is 2.65. The van der Waals surface area contributed by atoms with Gasteiger partial charge in [0.2, 0.25) is 0 Å². The van der Waals surface area contributed by atoms with E-state index in [2.05, 4.69) is 13.8 Å². The highest BCUT2D eigenvalue weighted by molar-refractivity contribution is 6.11. The van der Waals surface area contributed by atoms with Crippen molar-refractivity contribution in [2.75, 3.05) is 0 Å². The number of benzene rings is 1. The van der Waals surface area contributed by atoms with Gasteiger partial charge < -0.3 is 0 Å². The Morgan fingerprint density at radius 1 is 0.862 bits per heavy atom. The van der Waals surface area contributed by atoms with Gasteiger partial charge in [-0.1, -0.05) is 44.2 Å². The summed E-state index contributed by atoms with van der Waals surface area (Å²) in [5.74, 6) is 1.97. The van der Waals surface area contributed by atoms with Crippen LogP contribution in [0.3, 0.4) is 0 Å². The lowest BCUT2D eigenvalue weighted by Gasteiger charge is -2.60. The average Bonchev–Trinajstić information content (AvgIpc) is 3.03. The van der Waals surface area contributed by atoms with E-state index in [1.54, 1.807) is 0 Å². The predicted octanol–water partition coefficient (Wildman–Crippen LogP) is 5.28. The summed E-state index contributed by atoms with van der Waals surface area (Å²) in [6.07, 6.45) is 7.33. The highest BCUT2D eigenvalue weighted by atomic mass is 16.2. The molecule has 0 amide bonds. The number of rotatable bonds is 2. The lowest BCUT2D eigenvalue weighted by atomic mass is 9.43. The zero-order chi connectivity index (χ0) is 20.4. The summed E-state index contributed by atoms with van der Waals surface area (Å²) in [4.78, 5) is 39.0. The van der Waals surface area contributed by atoms with Gasteiger partial charge in [-0.25, -0.2) is 0 Å². The minimum absolute atomic E-state index is 0.0293. The maximum atomic E-state index is 13.4. The Morgan fingerprint density at radius 2 is 1.62 bits per heavy atom. The molecule has 1 unspecified atom stereocenters. The molecule has 29 heavy (non-hydrogen) atoms. The molecule has 0 aliphatic heterocycles. The van der Waals surface area contributed by atoms with Gasteiger partial charge in [0, 0.05) is 23.8 Å². The molecule has 5 rings (SSSR count). The van der Waals surface area contributed by atoms with Crippen molar-refractivity contribution in [2.45, 2.75) is 65.2 Å². The first-order valence-corrected chi connectivity index (χ1v) is 11.5. The van der Waals surface area contributed by atoms with Gasteiger partial charge in [-0.05, 0) is 67.6 Å². The second-order valence-electron chi connectivity index (χ2n) is 10.7. The smallest absolute Gasteiger partial charge is 0.173 e. The summed E-state index contributed by atoms with van der Waals surface area (Å²) in [6, 6.07) is 9.38. The Bertz CT molecular complexity index is 858. The topological polar surface area (TPSA) is 51.2 Å². The zero-order valence-electron chi connectivity index (χ0n) is 17.7. The van der Waals surface area contributed by atoms with Gasteiger partial charge in [-0.15, -0.1) is 0 Å². The van der Waals surface area contributed by atoms with Gasteiger partial charge in [-0.2, -0.15) is 0 Å². The molecule has 0 aromatic heterocycles. The van der Waals surface area contributed by atoms with Crippen LogP contribution >= 0.6 is 0 Å². The lowest BCUT2D eigenvalue weighted by molar-refractivity contribution is -0.149. The SMILES string of the molecule is C[C@]12CCC(=O)C(C(=O)c3ccccc3)[C@@H]1CC[C@@H]1[C@@H]2CC[C@]2(C)C(=O)CC[C@@H]12. The molecule has 4 fully saturated rings. The van der Waals surface area contributed by atoms with E-state index < -0.39 is 5.92 Å². The molecule has 0 heterocycles. The average molecular weight is 393 g/mol.